The summed E-state index contributed by atoms with van der Waals surface area (Å²) < 4.78 is 7.27. The average Bonchev–Trinajstić information content (AvgIpc) is 3.08. The van der Waals surface area contributed by atoms with E-state index in [1.54, 1.807) is 19.5 Å². The van der Waals surface area contributed by atoms with Crippen LogP contribution >= 0.6 is 0 Å². The van der Waals surface area contributed by atoms with Crippen LogP contribution in [0.4, 0.5) is 0 Å². The maximum atomic E-state index is 12.7. The van der Waals surface area contributed by atoms with Crippen LogP contribution in [0.25, 0.3) is 0 Å². The Morgan fingerprint density at radius 1 is 1.33 bits per heavy atom. The number of rotatable bonds is 5. The summed E-state index contributed by atoms with van der Waals surface area (Å²) in [5.74, 6) is 1.22. The molecule has 0 spiro atoms. The zero-order valence-electron chi connectivity index (χ0n) is 14.2. The van der Waals surface area contributed by atoms with Gasteiger partial charge in [-0.1, -0.05) is 0 Å². The summed E-state index contributed by atoms with van der Waals surface area (Å²) in [6.45, 7) is 4.71. The van der Waals surface area contributed by atoms with Crippen molar-refractivity contribution in [3.63, 3.8) is 0 Å². The second-order valence-corrected chi connectivity index (χ2v) is 6.10. The molecule has 1 amide bonds. The largest absolute Gasteiger partial charge is 0.383 e. The molecule has 3 rings (SSSR count). The smallest absolute Gasteiger partial charge is 0.274 e. The first-order chi connectivity index (χ1) is 11.7. The van der Waals surface area contributed by atoms with Crippen molar-refractivity contribution in [2.45, 2.75) is 32.2 Å². The number of likely N-dealkylation sites (tertiary alicyclic amines) is 1. The zero-order valence-corrected chi connectivity index (χ0v) is 14.2. The van der Waals surface area contributed by atoms with Crippen LogP contribution in [0.1, 0.15) is 40.8 Å². The minimum Gasteiger partial charge on any atom is -0.383 e. The first kappa shape index (κ1) is 16.6. The maximum absolute atomic E-state index is 12.7. The lowest BCUT2D eigenvalue weighted by Gasteiger charge is -2.32. The Kier molecular flexibility index (Phi) is 5.20. The summed E-state index contributed by atoms with van der Waals surface area (Å²) in [5.41, 5.74) is 1.22. The van der Waals surface area contributed by atoms with Crippen molar-refractivity contribution in [1.82, 2.24) is 24.4 Å². The highest BCUT2D eigenvalue weighted by atomic mass is 16.5. The normalized spacial score (nSPS) is 17.9. The van der Waals surface area contributed by atoms with E-state index in [-0.39, 0.29) is 11.8 Å². The molecule has 1 fully saturated rings. The van der Waals surface area contributed by atoms with Crippen LogP contribution in [0.15, 0.2) is 24.8 Å². The van der Waals surface area contributed by atoms with Crippen LogP contribution in [0.2, 0.25) is 0 Å². The van der Waals surface area contributed by atoms with E-state index in [0.29, 0.717) is 18.8 Å². The molecule has 1 saturated heterocycles. The highest BCUT2D eigenvalue weighted by molar-refractivity contribution is 5.92. The van der Waals surface area contributed by atoms with Gasteiger partial charge in [0.05, 0.1) is 18.5 Å². The van der Waals surface area contributed by atoms with Crippen molar-refractivity contribution >= 4 is 5.91 Å². The standard InChI is InChI=1S/C17H23N5O2/c1-13-10-20-15(11-19-13)17(23)22-6-3-4-14(12-22)16-18-5-7-21(16)8-9-24-2/h5,7,10-11,14H,3-4,6,8-9,12H2,1-2H3/t14-/m0/s1. The van der Waals surface area contributed by atoms with Crippen LogP contribution in [0.3, 0.4) is 0 Å². The molecule has 128 valence electrons. The molecule has 7 heteroatoms. The van der Waals surface area contributed by atoms with Gasteiger partial charge in [0.25, 0.3) is 5.91 Å². The Morgan fingerprint density at radius 3 is 2.96 bits per heavy atom. The van der Waals surface area contributed by atoms with Crippen LogP contribution in [-0.2, 0) is 11.3 Å². The van der Waals surface area contributed by atoms with Gasteiger partial charge in [-0.15, -0.1) is 0 Å². The third kappa shape index (κ3) is 3.62. The average molecular weight is 329 g/mol. The number of aromatic nitrogens is 4. The Balaban J connectivity index is 1.71. The van der Waals surface area contributed by atoms with Gasteiger partial charge in [-0.05, 0) is 19.8 Å². The van der Waals surface area contributed by atoms with Crippen molar-refractivity contribution in [2.75, 3.05) is 26.8 Å². The van der Waals surface area contributed by atoms with Gasteiger partial charge in [0.1, 0.15) is 11.5 Å². The third-order valence-electron chi connectivity index (χ3n) is 4.36. The van der Waals surface area contributed by atoms with Gasteiger partial charge in [0.15, 0.2) is 0 Å². The molecule has 24 heavy (non-hydrogen) atoms. The number of nitrogens with zero attached hydrogens (tertiary/aromatic N) is 5. The molecule has 1 atom stereocenters. The Morgan fingerprint density at radius 2 is 2.21 bits per heavy atom. The molecule has 0 aliphatic carbocycles. The van der Waals surface area contributed by atoms with Gasteiger partial charge in [0.2, 0.25) is 0 Å². The molecule has 1 aliphatic rings. The summed E-state index contributed by atoms with van der Waals surface area (Å²) in [6, 6.07) is 0. The number of piperidine rings is 1. The molecule has 7 nitrogen and oxygen atoms in total. The number of hydrogen-bond acceptors (Lipinski definition) is 5. The molecule has 1 aliphatic heterocycles. The monoisotopic (exact) mass is 329 g/mol. The molecule has 3 heterocycles. The molecular weight excluding hydrogens is 306 g/mol. The van der Waals surface area contributed by atoms with Crippen molar-refractivity contribution in [3.8, 4) is 0 Å². The number of carbonyl (C=O) groups excluding carboxylic acids is 1. The van der Waals surface area contributed by atoms with Crippen molar-refractivity contribution in [1.29, 1.82) is 0 Å². The van der Waals surface area contributed by atoms with Crippen LogP contribution in [0.5, 0.6) is 0 Å². The van der Waals surface area contributed by atoms with E-state index < -0.39 is 0 Å². The van der Waals surface area contributed by atoms with Gasteiger partial charge >= 0.3 is 0 Å². The third-order valence-corrected chi connectivity index (χ3v) is 4.36. The fourth-order valence-corrected chi connectivity index (χ4v) is 3.10. The van der Waals surface area contributed by atoms with E-state index in [2.05, 4.69) is 19.5 Å². The number of ether oxygens (including phenoxy) is 1. The Labute approximate surface area is 141 Å². The van der Waals surface area contributed by atoms with E-state index in [1.807, 2.05) is 24.2 Å². The molecule has 0 unspecified atom stereocenters. The van der Waals surface area contributed by atoms with Crippen molar-refractivity contribution in [3.05, 3.63) is 42.0 Å². The van der Waals surface area contributed by atoms with Gasteiger partial charge in [-0.3, -0.25) is 9.78 Å². The topological polar surface area (TPSA) is 73.1 Å². The minimum absolute atomic E-state index is 0.0535. The van der Waals surface area contributed by atoms with Gasteiger partial charge in [-0.2, -0.15) is 0 Å². The summed E-state index contributed by atoms with van der Waals surface area (Å²) in [4.78, 5) is 27.4. The zero-order chi connectivity index (χ0) is 16.9. The summed E-state index contributed by atoms with van der Waals surface area (Å²) >= 11 is 0. The van der Waals surface area contributed by atoms with Gasteiger partial charge in [0, 0.05) is 51.3 Å². The molecule has 0 bridgehead atoms. The molecule has 0 N–H and O–H groups in total. The fourth-order valence-electron chi connectivity index (χ4n) is 3.10. The quantitative estimate of drug-likeness (QED) is 0.834. The van der Waals surface area contributed by atoms with E-state index in [9.17, 15) is 4.79 Å². The molecule has 0 aromatic carbocycles. The number of imidazole rings is 1. The maximum Gasteiger partial charge on any atom is 0.274 e. The van der Waals surface area contributed by atoms with Crippen LogP contribution < -0.4 is 0 Å². The lowest BCUT2D eigenvalue weighted by Crippen LogP contribution is -2.40. The summed E-state index contributed by atoms with van der Waals surface area (Å²) in [7, 11) is 1.69. The first-order valence-electron chi connectivity index (χ1n) is 8.27. The highest BCUT2D eigenvalue weighted by Gasteiger charge is 2.28. The van der Waals surface area contributed by atoms with E-state index >= 15 is 0 Å². The predicted molar refractivity (Wildman–Crippen MR) is 88.8 cm³/mol. The minimum atomic E-state index is -0.0535. The molecule has 0 radical (unpaired) electrons. The number of hydrogen-bond donors (Lipinski definition) is 0. The number of carbonyl (C=O) groups is 1. The molecule has 2 aromatic rings. The lowest BCUT2D eigenvalue weighted by atomic mass is 9.97. The van der Waals surface area contributed by atoms with Crippen LogP contribution in [0, 0.1) is 6.92 Å². The van der Waals surface area contributed by atoms with E-state index in [1.165, 1.54) is 0 Å². The predicted octanol–water partition coefficient (Wildman–Crippen LogP) is 1.65. The number of aryl methyl sites for hydroxylation is 1. The fraction of sp³-hybridized carbons (Fsp3) is 0.529. The Hall–Kier alpha value is -2.28. The highest BCUT2D eigenvalue weighted by Crippen LogP contribution is 2.26. The Bertz CT molecular complexity index is 683. The van der Waals surface area contributed by atoms with E-state index in [0.717, 1.165) is 37.4 Å². The molecular formula is C17H23N5O2. The lowest BCUT2D eigenvalue weighted by molar-refractivity contribution is 0.0696. The van der Waals surface area contributed by atoms with Gasteiger partial charge in [-0.25, -0.2) is 9.97 Å². The number of amides is 1. The molecule has 2 aromatic heterocycles. The molecule has 0 saturated carbocycles. The summed E-state index contributed by atoms with van der Waals surface area (Å²) in [6.07, 6.45) is 8.98. The second kappa shape index (κ2) is 7.53. The number of methoxy groups -OCH3 is 1. The van der Waals surface area contributed by atoms with Crippen molar-refractivity contribution < 1.29 is 9.53 Å². The van der Waals surface area contributed by atoms with Crippen molar-refractivity contribution in [2.24, 2.45) is 0 Å². The second-order valence-electron chi connectivity index (χ2n) is 6.10. The van der Waals surface area contributed by atoms with Gasteiger partial charge < -0.3 is 14.2 Å². The van der Waals surface area contributed by atoms with Crippen LogP contribution in [-0.4, -0.2) is 57.1 Å². The summed E-state index contributed by atoms with van der Waals surface area (Å²) in [5, 5.41) is 0. The first-order valence-corrected chi connectivity index (χ1v) is 8.27. The SMILES string of the molecule is COCCn1ccnc1[C@H]1CCCN(C(=O)c2cnc(C)cn2)C1. The van der Waals surface area contributed by atoms with E-state index in [4.69, 9.17) is 4.74 Å².